The second-order valence-electron chi connectivity index (χ2n) is 3.65. The molecule has 2 aliphatic heterocycles. The minimum atomic E-state index is -0.465. The summed E-state index contributed by atoms with van der Waals surface area (Å²) in [5.74, 6) is -0.0617. The molecule has 0 aromatic rings. The van der Waals surface area contributed by atoms with Crippen molar-refractivity contribution in [1.29, 1.82) is 5.26 Å². The number of nitriles is 1. The molecule has 0 amide bonds. The van der Waals surface area contributed by atoms with Crippen LogP contribution in [0, 0.1) is 17.2 Å². The van der Waals surface area contributed by atoms with Crippen molar-refractivity contribution in [1.82, 2.24) is 0 Å². The lowest BCUT2D eigenvalue weighted by Crippen LogP contribution is -2.43. The van der Waals surface area contributed by atoms with Gasteiger partial charge in [0, 0.05) is 5.25 Å². The number of hydrogen-bond acceptors (Lipinski definition) is 3. The Labute approximate surface area is 82.2 Å². The van der Waals surface area contributed by atoms with E-state index in [4.69, 9.17) is 21.6 Å². The average Bonchev–Trinajstić information content (AvgIpc) is 2.48. The summed E-state index contributed by atoms with van der Waals surface area (Å²) in [6.07, 6.45) is 0.857. The van der Waals surface area contributed by atoms with Gasteiger partial charge in [-0.3, -0.25) is 0 Å². The van der Waals surface area contributed by atoms with Crippen LogP contribution in [0.4, 0.5) is 0 Å². The largest absolute Gasteiger partial charge is 0.368 e. The molecule has 2 fully saturated rings. The molecule has 2 saturated heterocycles. The topological polar surface area (TPSA) is 33.0 Å². The second kappa shape index (κ2) is 2.54. The van der Waals surface area contributed by atoms with E-state index in [1.54, 1.807) is 0 Å². The number of halogens is 1. The van der Waals surface area contributed by atoms with E-state index in [1.165, 1.54) is 0 Å². The van der Waals surface area contributed by atoms with Gasteiger partial charge in [0.1, 0.15) is 0 Å². The lowest BCUT2D eigenvalue weighted by Gasteiger charge is -2.30. The summed E-state index contributed by atoms with van der Waals surface area (Å²) in [4.78, 5) is 0. The monoisotopic (exact) mass is 203 g/mol. The first-order valence-corrected chi connectivity index (χ1v) is 4.94. The van der Waals surface area contributed by atoms with Gasteiger partial charge in [-0.2, -0.15) is 17.9 Å². The summed E-state index contributed by atoms with van der Waals surface area (Å²) in [6, 6.07) is 2.24. The number of hydrogen-bond donors (Lipinski definition) is 1. The Hall–Kier alpha value is 0.0900. The van der Waals surface area contributed by atoms with Gasteiger partial charge >= 0.3 is 0 Å². The van der Waals surface area contributed by atoms with Crippen LogP contribution in [-0.4, -0.2) is 22.3 Å². The van der Waals surface area contributed by atoms with Gasteiger partial charge in [0.05, 0.1) is 29.1 Å². The lowest BCUT2D eigenvalue weighted by atomic mass is 9.80. The Morgan fingerprint density at radius 3 is 2.83 bits per heavy atom. The number of alkyl halides is 1. The molecule has 2 aliphatic rings. The van der Waals surface area contributed by atoms with Gasteiger partial charge in [0.15, 0.2) is 0 Å². The van der Waals surface area contributed by atoms with Crippen molar-refractivity contribution in [3.05, 3.63) is 0 Å². The molecule has 4 heteroatoms. The van der Waals surface area contributed by atoms with E-state index >= 15 is 0 Å². The van der Waals surface area contributed by atoms with Gasteiger partial charge in [0.25, 0.3) is 0 Å². The highest BCUT2D eigenvalue weighted by atomic mass is 35.5. The van der Waals surface area contributed by atoms with E-state index in [0.29, 0.717) is 0 Å². The summed E-state index contributed by atoms with van der Waals surface area (Å²) in [6.45, 7) is 1.91. The quantitative estimate of drug-likeness (QED) is 0.479. The zero-order valence-corrected chi connectivity index (χ0v) is 8.35. The van der Waals surface area contributed by atoms with Gasteiger partial charge in [-0.05, 0) is 13.3 Å². The van der Waals surface area contributed by atoms with Crippen LogP contribution in [0.15, 0.2) is 0 Å². The summed E-state index contributed by atoms with van der Waals surface area (Å²) >= 11 is 10.5. The van der Waals surface area contributed by atoms with Crippen LogP contribution in [-0.2, 0) is 4.74 Å². The summed E-state index contributed by atoms with van der Waals surface area (Å²) < 4.78 is 5.66. The summed E-state index contributed by atoms with van der Waals surface area (Å²) in [5, 5.41) is 8.79. The third-order valence-electron chi connectivity index (χ3n) is 2.95. The summed E-state index contributed by atoms with van der Waals surface area (Å²) in [5.41, 5.74) is -0.465. The van der Waals surface area contributed by atoms with Crippen molar-refractivity contribution in [3.8, 4) is 6.07 Å². The first-order valence-electron chi connectivity index (χ1n) is 3.99. The molecule has 2 heterocycles. The lowest BCUT2D eigenvalue weighted by molar-refractivity contribution is 0.0187. The van der Waals surface area contributed by atoms with Crippen LogP contribution in [0.2, 0.25) is 0 Å². The highest BCUT2D eigenvalue weighted by Gasteiger charge is 2.60. The fourth-order valence-corrected chi connectivity index (χ4v) is 2.94. The van der Waals surface area contributed by atoms with Crippen molar-refractivity contribution < 1.29 is 4.74 Å². The predicted octanol–water partition coefficient (Wildman–Crippen LogP) is 1.59. The zero-order valence-electron chi connectivity index (χ0n) is 6.70. The number of rotatable bonds is 0. The molecule has 0 aliphatic carbocycles. The molecular formula is C8H10ClNOS. The van der Waals surface area contributed by atoms with Crippen LogP contribution in [0.3, 0.4) is 0 Å². The van der Waals surface area contributed by atoms with E-state index in [2.05, 4.69) is 18.7 Å². The fourth-order valence-electron chi connectivity index (χ4n) is 2.10. The molecule has 2 nitrogen and oxygen atoms in total. The molecule has 0 spiro atoms. The third-order valence-corrected chi connectivity index (χ3v) is 4.46. The Bertz CT molecular complexity index is 254. The molecule has 66 valence electrons. The highest BCUT2D eigenvalue weighted by Crippen LogP contribution is 2.51. The molecule has 0 aromatic heterocycles. The molecule has 2 rings (SSSR count). The van der Waals surface area contributed by atoms with Crippen molar-refractivity contribution in [3.63, 3.8) is 0 Å². The molecule has 12 heavy (non-hydrogen) atoms. The van der Waals surface area contributed by atoms with Gasteiger partial charge in [-0.25, -0.2) is 0 Å². The number of nitrogens with zero attached hydrogens (tertiary/aromatic N) is 1. The summed E-state index contributed by atoms with van der Waals surface area (Å²) in [7, 11) is 0. The van der Waals surface area contributed by atoms with Crippen LogP contribution in [0.25, 0.3) is 0 Å². The minimum absolute atomic E-state index is 0.0617. The smallest absolute Gasteiger partial charge is 0.0991 e. The Morgan fingerprint density at radius 1 is 1.75 bits per heavy atom. The van der Waals surface area contributed by atoms with E-state index in [9.17, 15) is 0 Å². The van der Waals surface area contributed by atoms with Gasteiger partial charge in [0.2, 0.25) is 0 Å². The SMILES string of the molecule is CC12OC(CC1C#N)C(S)C2Cl. The van der Waals surface area contributed by atoms with Crippen LogP contribution in [0.5, 0.6) is 0 Å². The zero-order chi connectivity index (χ0) is 8.93. The average molecular weight is 204 g/mol. The van der Waals surface area contributed by atoms with Crippen molar-refractivity contribution in [2.75, 3.05) is 0 Å². The van der Waals surface area contributed by atoms with E-state index in [1.807, 2.05) is 6.92 Å². The van der Waals surface area contributed by atoms with Gasteiger partial charge in [-0.15, -0.1) is 11.6 Å². The molecule has 0 radical (unpaired) electrons. The highest BCUT2D eigenvalue weighted by molar-refractivity contribution is 7.81. The maximum Gasteiger partial charge on any atom is 0.0991 e. The van der Waals surface area contributed by atoms with Gasteiger partial charge < -0.3 is 4.74 Å². The van der Waals surface area contributed by atoms with E-state index < -0.39 is 5.60 Å². The molecule has 0 aromatic carbocycles. The van der Waals surface area contributed by atoms with Crippen molar-refractivity contribution >= 4 is 24.2 Å². The third kappa shape index (κ3) is 0.863. The standard InChI is InChI=1S/C8H10ClNOS/c1-8-4(3-10)2-5(11-8)6(12)7(8)9/h4-7,12H,2H2,1H3. The maximum absolute atomic E-state index is 8.84. The van der Waals surface area contributed by atoms with Crippen molar-refractivity contribution in [2.45, 2.75) is 35.7 Å². The minimum Gasteiger partial charge on any atom is -0.368 e. The Kier molecular flexibility index (Phi) is 1.84. The van der Waals surface area contributed by atoms with E-state index in [-0.39, 0.29) is 22.6 Å². The first-order chi connectivity index (χ1) is 5.59. The fraction of sp³-hybridized carbons (Fsp3) is 0.875. The molecule has 2 bridgehead atoms. The molecular weight excluding hydrogens is 194 g/mol. The molecule has 0 saturated carbocycles. The predicted molar refractivity (Wildman–Crippen MR) is 49.4 cm³/mol. The molecule has 5 atom stereocenters. The number of fused-ring (bicyclic) bond motifs is 2. The Morgan fingerprint density at radius 2 is 2.42 bits per heavy atom. The molecule has 0 N–H and O–H groups in total. The number of thiol groups is 1. The Balaban J connectivity index is 2.31. The van der Waals surface area contributed by atoms with Crippen LogP contribution in [0.1, 0.15) is 13.3 Å². The van der Waals surface area contributed by atoms with Crippen LogP contribution < -0.4 is 0 Å². The maximum atomic E-state index is 8.84. The van der Waals surface area contributed by atoms with Crippen LogP contribution >= 0.6 is 24.2 Å². The first kappa shape index (κ1) is 8.68. The molecule has 5 unspecified atom stereocenters. The van der Waals surface area contributed by atoms with Crippen molar-refractivity contribution in [2.24, 2.45) is 5.92 Å². The van der Waals surface area contributed by atoms with E-state index in [0.717, 1.165) is 6.42 Å². The van der Waals surface area contributed by atoms with Gasteiger partial charge in [-0.1, -0.05) is 0 Å². The normalized spacial score (nSPS) is 57.2. The number of ether oxygens (including phenoxy) is 1. The second-order valence-corrected chi connectivity index (χ2v) is 4.72.